The third kappa shape index (κ3) is 23.9. The van der Waals surface area contributed by atoms with Crippen LogP contribution in [-0.2, 0) is 14.3 Å². The quantitative estimate of drug-likeness (QED) is 0.0313. The lowest BCUT2D eigenvalue weighted by Gasteiger charge is -2.27. The van der Waals surface area contributed by atoms with E-state index in [4.69, 9.17) is 4.74 Å². The predicted molar refractivity (Wildman–Crippen MR) is 185 cm³/mol. The molecule has 7 nitrogen and oxygen atoms in total. The zero-order chi connectivity index (χ0) is 33.5. The molecule has 45 heavy (non-hydrogen) atoms. The molecule has 0 aromatic rings. The summed E-state index contributed by atoms with van der Waals surface area (Å²) in [6, 6.07) is 0. The van der Waals surface area contributed by atoms with E-state index in [9.17, 15) is 30.0 Å². The average Bonchev–Trinajstić information content (AvgIpc) is 3.04. The van der Waals surface area contributed by atoms with Crippen LogP contribution in [0.4, 0.5) is 0 Å². The van der Waals surface area contributed by atoms with E-state index < -0.39 is 36.4 Å². The molecule has 4 N–H and O–H groups in total. The molecule has 0 aliphatic carbocycles. The maximum atomic E-state index is 12.6. The van der Waals surface area contributed by atoms with E-state index in [2.05, 4.69) is 13.8 Å². The Kier molecular flexibility index (Phi) is 29.6. The van der Waals surface area contributed by atoms with Crippen molar-refractivity contribution in [3.05, 3.63) is 0 Å². The highest BCUT2D eigenvalue weighted by molar-refractivity contribution is 5.94. The Labute approximate surface area is 277 Å². The summed E-state index contributed by atoms with van der Waals surface area (Å²) in [4.78, 5) is 25.2. The number of aliphatic hydroxyl groups is 4. The highest BCUT2D eigenvalue weighted by atomic mass is 16.6. The van der Waals surface area contributed by atoms with Gasteiger partial charge in [0.1, 0.15) is 0 Å². The fourth-order valence-electron chi connectivity index (χ4n) is 5.99. The summed E-state index contributed by atoms with van der Waals surface area (Å²) in [6.45, 7) is 2.75. The van der Waals surface area contributed by atoms with Gasteiger partial charge < -0.3 is 25.2 Å². The van der Waals surface area contributed by atoms with Crippen LogP contribution >= 0.6 is 0 Å². The monoisotopic (exact) mass is 643 g/mol. The average molecular weight is 643 g/mol. The Bertz CT molecular complexity index is 629. The van der Waals surface area contributed by atoms with Crippen molar-refractivity contribution in [3.8, 4) is 0 Å². The molecule has 268 valence electrons. The molecule has 0 heterocycles. The molecule has 0 amide bonds. The summed E-state index contributed by atoms with van der Waals surface area (Å²) in [6.07, 6.45) is 32.8. The predicted octanol–water partition coefficient (Wildman–Crippen LogP) is 9.25. The molecule has 7 heteroatoms. The molecule has 0 saturated carbocycles. The van der Waals surface area contributed by atoms with Gasteiger partial charge in [0.25, 0.3) is 0 Å². The number of hydrogen-bond donors (Lipinski definition) is 4. The largest absolute Gasteiger partial charge is 0.393 e. The molecule has 0 aliphatic rings. The number of hydrogen-bond acceptors (Lipinski definition) is 7. The first-order chi connectivity index (χ1) is 21.8. The maximum Gasteiger partial charge on any atom is 0.348 e. The van der Waals surface area contributed by atoms with E-state index in [1.54, 1.807) is 0 Å². The van der Waals surface area contributed by atoms with Gasteiger partial charge in [-0.1, -0.05) is 181 Å². The molecular weight excluding hydrogens is 568 g/mol. The molecule has 2 unspecified atom stereocenters. The number of unbranched alkanes of at least 4 members (excludes halogenated alkanes) is 26. The lowest BCUT2D eigenvalue weighted by Crippen LogP contribution is -2.50. The highest BCUT2D eigenvalue weighted by Crippen LogP contribution is 2.23. The molecule has 0 saturated heterocycles. The molecule has 0 spiro atoms. The van der Waals surface area contributed by atoms with Gasteiger partial charge in [0.2, 0.25) is 0 Å². The van der Waals surface area contributed by atoms with Crippen LogP contribution in [0.1, 0.15) is 206 Å². The second-order valence-corrected chi connectivity index (χ2v) is 13.7. The Morgan fingerprint density at radius 1 is 0.400 bits per heavy atom. The fraction of sp³-hybridized carbons (Fsp3) is 0.947. The lowest BCUT2D eigenvalue weighted by atomic mass is 9.94. The van der Waals surface area contributed by atoms with Crippen molar-refractivity contribution in [1.29, 1.82) is 0 Å². The third-order valence-electron chi connectivity index (χ3n) is 9.36. The maximum absolute atomic E-state index is 12.6. The molecule has 0 aliphatic heterocycles. The van der Waals surface area contributed by atoms with Gasteiger partial charge in [0.15, 0.2) is 11.2 Å². The van der Waals surface area contributed by atoms with Gasteiger partial charge in [-0.2, -0.15) is 0 Å². The fourth-order valence-corrected chi connectivity index (χ4v) is 5.99. The van der Waals surface area contributed by atoms with Crippen molar-refractivity contribution in [3.63, 3.8) is 0 Å². The second kappa shape index (κ2) is 30.3. The zero-order valence-electron chi connectivity index (χ0n) is 29.6. The summed E-state index contributed by atoms with van der Waals surface area (Å²) in [5.41, 5.74) is -4.39. The van der Waals surface area contributed by atoms with Gasteiger partial charge in [0, 0.05) is 0 Å². The topological polar surface area (TPSA) is 124 Å². The second-order valence-electron chi connectivity index (χ2n) is 13.7. The molecule has 0 bridgehead atoms. The Morgan fingerprint density at radius 3 is 0.800 bits per heavy atom. The molecule has 0 aromatic carbocycles. The molecule has 0 aromatic heterocycles. The third-order valence-corrected chi connectivity index (χ3v) is 9.36. The van der Waals surface area contributed by atoms with E-state index in [-0.39, 0.29) is 12.8 Å². The summed E-state index contributed by atoms with van der Waals surface area (Å²) in [5.74, 6) is -2.53. The lowest BCUT2D eigenvalue weighted by molar-refractivity contribution is -0.190. The minimum Gasteiger partial charge on any atom is -0.393 e. The van der Waals surface area contributed by atoms with Gasteiger partial charge >= 0.3 is 11.9 Å². The number of esters is 2. The normalized spacial score (nSPS) is 14.3. The van der Waals surface area contributed by atoms with Crippen molar-refractivity contribution in [2.75, 3.05) is 13.2 Å². The first-order valence-corrected chi connectivity index (χ1v) is 19.2. The van der Waals surface area contributed by atoms with Crippen LogP contribution in [-0.4, -0.2) is 56.8 Å². The SMILES string of the molecule is CCCCCCCCCCCCCCCCC(O)(CO)C(=O)OC(=O)C(O)(CO)CCCCCCCCCCCCCCCC. The highest BCUT2D eigenvalue weighted by Gasteiger charge is 2.43. The first-order valence-electron chi connectivity index (χ1n) is 19.2. The van der Waals surface area contributed by atoms with Crippen LogP contribution in [0.5, 0.6) is 0 Å². The van der Waals surface area contributed by atoms with Crippen molar-refractivity contribution >= 4 is 11.9 Å². The van der Waals surface area contributed by atoms with Crippen molar-refractivity contribution in [2.45, 2.75) is 218 Å². The van der Waals surface area contributed by atoms with Gasteiger partial charge in [-0.05, 0) is 25.7 Å². The van der Waals surface area contributed by atoms with Crippen LogP contribution in [0, 0.1) is 0 Å². The van der Waals surface area contributed by atoms with Crippen molar-refractivity contribution < 1.29 is 34.8 Å². The van der Waals surface area contributed by atoms with E-state index >= 15 is 0 Å². The zero-order valence-corrected chi connectivity index (χ0v) is 29.6. The summed E-state index contributed by atoms with van der Waals surface area (Å²) in [5, 5.41) is 40.7. The van der Waals surface area contributed by atoms with Crippen LogP contribution < -0.4 is 0 Å². The van der Waals surface area contributed by atoms with Crippen LogP contribution in [0.25, 0.3) is 0 Å². The van der Waals surface area contributed by atoms with Crippen molar-refractivity contribution in [1.82, 2.24) is 0 Å². The smallest absolute Gasteiger partial charge is 0.348 e. The van der Waals surface area contributed by atoms with E-state index in [0.29, 0.717) is 12.8 Å². The molecular formula is C38H74O7. The Hall–Kier alpha value is -1.02. The van der Waals surface area contributed by atoms with Crippen LogP contribution in [0.3, 0.4) is 0 Å². The van der Waals surface area contributed by atoms with Gasteiger partial charge in [-0.3, -0.25) is 0 Å². The summed E-state index contributed by atoms with van der Waals surface area (Å²) >= 11 is 0. The summed E-state index contributed by atoms with van der Waals surface area (Å²) in [7, 11) is 0. The Morgan fingerprint density at radius 2 is 0.600 bits per heavy atom. The van der Waals surface area contributed by atoms with Gasteiger partial charge in [-0.25, -0.2) is 9.59 Å². The van der Waals surface area contributed by atoms with Crippen LogP contribution in [0.2, 0.25) is 0 Å². The van der Waals surface area contributed by atoms with Crippen LogP contribution in [0.15, 0.2) is 0 Å². The minimum absolute atomic E-state index is 0.0237. The number of carbonyl (C=O) groups excluding carboxylic acids is 2. The molecule has 0 radical (unpaired) electrons. The van der Waals surface area contributed by atoms with Gasteiger partial charge in [0.05, 0.1) is 13.2 Å². The number of carbonyl (C=O) groups is 2. The van der Waals surface area contributed by atoms with E-state index in [0.717, 1.165) is 38.5 Å². The number of aliphatic hydroxyl groups excluding tert-OH is 2. The molecule has 0 fully saturated rings. The molecule has 2 atom stereocenters. The number of rotatable bonds is 34. The first kappa shape index (κ1) is 44.0. The van der Waals surface area contributed by atoms with E-state index in [1.807, 2.05) is 0 Å². The minimum atomic E-state index is -2.20. The standard InChI is InChI=1S/C38H74O7/c1-3-5-7-9-11-13-15-17-19-21-23-25-27-29-31-37(43,33-39)35(41)45-36(42)38(44,34-40)32-30-28-26-24-22-20-18-16-14-12-10-8-6-4-2/h39-40,43-44H,3-34H2,1-2H3. The van der Waals surface area contributed by atoms with Crippen molar-refractivity contribution in [2.24, 2.45) is 0 Å². The Balaban J connectivity index is 4.06. The summed E-state index contributed by atoms with van der Waals surface area (Å²) < 4.78 is 4.80. The number of ether oxygens (including phenoxy) is 1. The molecule has 0 rings (SSSR count). The van der Waals surface area contributed by atoms with E-state index in [1.165, 1.54) is 128 Å². The van der Waals surface area contributed by atoms with Gasteiger partial charge in [-0.15, -0.1) is 0 Å².